The molecule has 0 saturated carbocycles. The number of hydrogen-bond acceptors (Lipinski definition) is 4. The number of fused-ring (bicyclic) bond motifs is 1. The smallest absolute Gasteiger partial charge is 0.237 e. The van der Waals surface area contributed by atoms with Crippen molar-refractivity contribution in [1.82, 2.24) is 14.6 Å². The van der Waals surface area contributed by atoms with Crippen molar-refractivity contribution >= 4 is 38.6 Å². The van der Waals surface area contributed by atoms with Crippen molar-refractivity contribution in [2.45, 2.75) is 0 Å². The van der Waals surface area contributed by atoms with Crippen LogP contribution in [0.15, 0.2) is 33.7 Å². The number of nitrogens with zero attached hydrogens (tertiary/aromatic N) is 3. The van der Waals surface area contributed by atoms with E-state index in [1.54, 1.807) is 7.05 Å². The van der Waals surface area contributed by atoms with Crippen LogP contribution in [0.4, 0.5) is 5.82 Å². The molecule has 2 heterocycles. The molecule has 1 atom stereocenters. The Morgan fingerprint density at radius 1 is 1.35 bits per heavy atom. The monoisotopic (exact) mass is 352 g/mol. The van der Waals surface area contributed by atoms with E-state index in [-0.39, 0.29) is 6.67 Å². The molecule has 1 aliphatic heterocycles. The zero-order valence-electron chi connectivity index (χ0n) is 11.1. The summed E-state index contributed by atoms with van der Waals surface area (Å²) in [5.41, 5.74) is 1.61. The molecule has 1 N–H and O–H groups in total. The Morgan fingerprint density at radius 3 is 2.70 bits per heavy atom. The third kappa shape index (κ3) is 2.31. The summed E-state index contributed by atoms with van der Waals surface area (Å²) < 4.78 is 0.455. The van der Waals surface area contributed by atoms with Crippen molar-refractivity contribution in [3.8, 4) is 11.4 Å². The Labute approximate surface area is 129 Å². The van der Waals surface area contributed by atoms with Crippen molar-refractivity contribution < 1.29 is 0 Å². The minimum absolute atomic E-state index is 0.186. The zero-order chi connectivity index (χ0) is 14.3. The van der Waals surface area contributed by atoms with E-state index >= 15 is 0 Å². The van der Waals surface area contributed by atoms with Crippen molar-refractivity contribution in [3.63, 3.8) is 0 Å². The maximum Gasteiger partial charge on any atom is 0.237 e. The summed E-state index contributed by atoms with van der Waals surface area (Å²) in [4.78, 5) is 12.0. The van der Waals surface area contributed by atoms with Gasteiger partial charge < -0.3 is 5.21 Å². The minimum atomic E-state index is -0.553. The van der Waals surface area contributed by atoms with Gasteiger partial charge in [-0.1, -0.05) is 28.1 Å². The summed E-state index contributed by atoms with van der Waals surface area (Å²) >= 11 is 4.92. The molecule has 0 bridgehead atoms. The summed E-state index contributed by atoms with van der Waals surface area (Å²) in [6.07, 6.45) is 1.94. The van der Waals surface area contributed by atoms with Gasteiger partial charge in [-0.25, -0.2) is 9.98 Å². The lowest BCUT2D eigenvalue weighted by Gasteiger charge is -2.37. The number of aromatic nitrogens is 2. The van der Waals surface area contributed by atoms with E-state index in [1.165, 1.54) is 11.8 Å². The van der Waals surface area contributed by atoms with Crippen LogP contribution in [0, 0.1) is 5.21 Å². The predicted molar refractivity (Wildman–Crippen MR) is 87.7 cm³/mol. The average molecular weight is 353 g/mol. The summed E-state index contributed by atoms with van der Waals surface area (Å²) in [7, 11) is 1.59. The lowest BCUT2D eigenvalue weighted by Crippen LogP contribution is -2.42. The first-order chi connectivity index (χ1) is 9.51. The maximum atomic E-state index is 12.4. The molecule has 0 radical (unpaired) electrons. The van der Waals surface area contributed by atoms with Crippen molar-refractivity contribution in [2.24, 2.45) is 4.99 Å². The number of quaternary nitrogens is 1. The second kappa shape index (κ2) is 5.00. The molecule has 2 aromatic rings. The van der Waals surface area contributed by atoms with Crippen LogP contribution in [0.3, 0.4) is 0 Å². The standard InChI is InChI=1S/C13H13BrN4OS/c1-18(19)7-15-13(20-2)10-12(18)17-11(16-10)8-3-5-9(14)6-4-8/h3-6H,7H2,1-2H3,(H,16,17). The number of hydrogen-bond donors (Lipinski definition) is 1. The molecule has 0 saturated heterocycles. The molecule has 20 heavy (non-hydrogen) atoms. The van der Waals surface area contributed by atoms with Crippen LogP contribution in [-0.4, -0.2) is 35.0 Å². The molecule has 3 rings (SSSR count). The number of imidazole rings is 1. The number of H-pyrrole nitrogens is 1. The van der Waals surface area contributed by atoms with Gasteiger partial charge in [0, 0.05) is 10.0 Å². The Kier molecular flexibility index (Phi) is 3.45. The van der Waals surface area contributed by atoms with Gasteiger partial charge in [-0.3, -0.25) is 9.63 Å². The number of nitrogens with one attached hydrogen (secondary N) is 1. The Balaban J connectivity index is 2.11. The first kappa shape index (κ1) is 13.8. The molecule has 1 aliphatic rings. The molecule has 7 heteroatoms. The van der Waals surface area contributed by atoms with Crippen LogP contribution < -0.4 is 4.65 Å². The number of benzene rings is 1. The molecule has 104 valence electrons. The van der Waals surface area contributed by atoms with E-state index in [9.17, 15) is 5.21 Å². The van der Waals surface area contributed by atoms with Crippen LogP contribution in [0.25, 0.3) is 11.4 Å². The van der Waals surface area contributed by atoms with Gasteiger partial charge in [0.05, 0.1) is 7.05 Å². The quantitative estimate of drug-likeness (QED) is 0.632. The molecular weight excluding hydrogens is 340 g/mol. The highest BCUT2D eigenvalue weighted by atomic mass is 79.9. The number of aliphatic imine (C=N–C) groups is 1. The number of hydroxylamine groups is 2. The second-order valence-electron chi connectivity index (χ2n) is 4.70. The molecule has 1 aromatic heterocycles. The normalized spacial score (nSPS) is 21.5. The molecule has 1 unspecified atom stereocenters. The van der Waals surface area contributed by atoms with Crippen LogP contribution in [-0.2, 0) is 0 Å². The Hall–Kier alpha value is -1.15. The van der Waals surface area contributed by atoms with Gasteiger partial charge in [0.1, 0.15) is 10.9 Å². The van der Waals surface area contributed by atoms with Crippen LogP contribution in [0.2, 0.25) is 0 Å². The third-order valence-corrected chi connectivity index (χ3v) is 4.39. The highest BCUT2D eigenvalue weighted by molar-refractivity contribution is 9.10. The first-order valence-corrected chi connectivity index (χ1v) is 8.05. The lowest BCUT2D eigenvalue weighted by atomic mass is 10.2. The van der Waals surface area contributed by atoms with Gasteiger partial charge in [0.25, 0.3) is 0 Å². The topological polar surface area (TPSA) is 64.1 Å². The van der Waals surface area contributed by atoms with E-state index in [0.29, 0.717) is 17.3 Å². The molecule has 0 spiro atoms. The zero-order valence-corrected chi connectivity index (χ0v) is 13.5. The SMILES string of the molecule is CSC1=NC[N+](C)([O-])c2[nH]c(-c3ccc(Br)cc3)nc21. The highest BCUT2D eigenvalue weighted by Crippen LogP contribution is 2.33. The van der Waals surface area contributed by atoms with Gasteiger partial charge in [0.2, 0.25) is 5.82 Å². The van der Waals surface area contributed by atoms with Crippen molar-refractivity contribution in [1.29, 1.82) is 0 Å². The number of rotatable bonds is 1. The van der Waals surface area contributed by atoms with Gasteiger partial charge in [-0.15, -0.1) is 11.8 Å². The fourth-order valence-electron chi connectivity index (χ4n) is 2.11. The van der Waals surface area contributed by atoms with Gasteiger partial charge >= 0.3 is 0 Å². The van der Waals surface area contributed by atoms with E-state index in [4.69, 9.17) is 0 Å². The Bertz CT molecular complexity index is 678. The largest absolute Gasteiger partial charge is 0.625 e. The summed E-state index contributed by atoms with van der Waals surface area (Å²) in [5, 5.41) is 13.3. The first-order valence-electron chi connectivity index (χ1n) is 6.03. The van der Waals surface area contributed by atoms with Gasteiger partial charge in [0.15, 0.2) is 12.4 Å². The fourth-order valence-corrected chi connectivity index (χ4v) is 2.89. The molecule has 5 nitrogen and oxygen atoms in total. The number of aromatic amines is 1. The van der Waals surface area contributed by atoms with Crippen LogP contribution in [0.1, 0.15) is 5.69 Å². The van der Waals surface area contributed by atoms with E-state index in [1.807, 2.05) is 30.5 Å². The lowest BCUT2D eigenvalue weighted by molar-refractivity contribution is 0.445. The summed E-state index contributed by atoms with van der Waals surface area (Å²) in [6, 6.07) is 7.82. The van der Waals surface area contributed by atoms with E-state index in [2.05, 4.69) is 30.9 Å². The van der Waals surface area contributed by atoms with Crippen molar-refractivity contribution in [2.75, 3.05) is 20.0 Å². The molecule has 1 aromatic carbocycles. The summed E-state index contributed by atoms with van der Waals surface area (Å²) in [6.45, 7) is 0.186. The number of halogens is 1. The summed E-state index contributed by atoms with van der Waals surface area (Å²) in [5.74, 6) is 1.27. The van der Waals surface area contributed by atoms with Gasteiger partial charge in [-0.2, -0.15) is 0 Å². The van der Waals surface area contributed by atoms with E-state index < -0.39 is 4.65 Å². The maximum absolute atomic E-state index is 12.4. The molecule has 0 amide bonds. The fraction of sp³-hybridized carbons (Fsp3) is 0.231. The van der Waals surface area contributed by atoms with Crippen LogP contribution >= 0.6 is 27.7 Å². The predicted octanol–water partition coefficient (Wildman–Crippen LogP) is 3.35. The van der Waals surface area contributed by atoms with Crippen molar-refractivity contribution in [3.05, 3.63) is 39.6 Å². The molecule has 0 fully saturated rings. The highest BCUT2D eigenvalue weighted by Gasteiger charge is 2.31. The average Bonchev–Trinajstić information content (AvgIpc) is 2.86. The van der Waals surface area contributed by atoms with E-state index in [0.717, 1.165) is 15.1 Å². The third-order valence-electron chi connectivity index (χ3n) is 3.16. The molecule has 0 aliphatic carbocycles. The van der Waals surface area contributed by atoms with Gasteiger partial charge in [-0.05, 0) is 18.4 Å². The number of thioether (sulfide) groups is 1. The van der Waals surface area contributed by atoms with Crippen LogP contribution in [0.5, 0.6) is 0 Å². The Morgan fingerprint density at radius 2 is 2.05 bits per heavy atom. The molecular formula is C13H13BrN4OS. The minimum Gasteiger partial charge on any atom is -0.625 e. The second-order valence-corrected chi connectivity index (χ2v) is 6.41.